The van der Waals surface area contributed by atoms with Gasteiger partial charge in [-0.2, -0.15) is 9.78 Å². The molecular formula is C22H25N3O3. The molecule has 6 heteroatoms. The summed E-state index contributed by atoms with van der Waals surface area (Å²) in [5.74, 6) is 1.92. The first-order valence-corrected chi connectivity index (χ1v) is 9.56. The van der Waals surface area contributed by atoms with Crippen LogP contribution in [0.2, 0.25) is 0 Å². The third-order valence-electron chi connectivity index (χ3n) is 4.26. The third kappa shape index (κ3) is 4.39. The molecule has 0 spiro atoms. The van der Waals surface area contributed by atoms with Crippen LogP contribution in [0.4, 0.5) is 0 Å². The average molecular weight is 379 g/mol. The number of hydrogen-bond acceptors (Lipinski definition) is 5. The second kappa shape index (κ2) is 9.17. The van der Waals surface area contributed by atoms with E-state index in [0.717, 1.165) is 18.4 Å². The molecule has 0 bridgehead atoms. The molecule has 0 radical (unpaired) electrons. The van der Waals surface area contributed by atoms with Gasteiger partial charge >= 0.3 is 0 Å². The Morgan fingerprint density at radius 3 is 2.71 bits per heavy atom. The molecule has 1 aromatic heterocycles. The molecule has 146 valence electrons. The number of nitrogens with zero attached hydrogens (tertiary/aromatic N) is 3. The predicted octanol–water partition coefficient (Wildman–Crippen LogP) is 4.16. The summed E-state index contributed by atoms with van der Waals surface area (Å²) in [5, 5.41) is 4.89. The maximum atomic E-state index is 12.7. The molecule has 6 nitrogen and oxygen atoms in total. The van der Waals surface area contributed by atoms with Crippen molar-refractivity contribution in [3.05, 3.63) is 64.2 Å². The summed E-state index contributed by atoms with van der Waals surface area (Å²) in [6.45, 7) is 7.01. The molecule has 3 aromatic rings. The van der Waals surface area contributed by atoms with Crippen molar-refractivity contribution in [2.24, 2.45) is 5.10 Å². The van der Waals surface area contributed by atoms with E-state index in [4.69, 9.17) is 9.47 Å². The van der Waals surface area contributed by atoms with Crippen LogP contribution < -0.4 is 15.0 Å². The minimum Gasteiger partial charge on any atom is -0.490 e. The standard InChI is InChI=1S/C22H25N3O3/c1-4-6-13-28-20-12-11-17(14-21(20)27-5-2)15-23-25-16(3)24-19-10-8-7-9-18(19)22(25)26/h7-12,14-15H,4-6,13H2,1-3H3. The normalized spacial score (nSPS) is 11.2. The first-order valence-electron chi connectivity index (χ1n) is 9.56. The number of para-hydroxylation sites is 1. The van der Waals surface area contributed by atoms with Gasteiger partial charge in [0.25, 0.3) is 5.56 Å². The fourth-order valence-electron chi connectivity index (χ4n) is 2.81. The van der Waals surface area contributed by atoms with Crippen LogP contribution in [0.1, 0.15) is 38.1 Å². The molecule has 0 fully saturated rings. The van der Waals surface area contributed by atoms with Gasteiger partial charge in [0.15, 0.2) is 11.5 Å². The maximum absolute atomic E-state index is 12.7. The van der Waals surface area contributed by atoms with Crippen LogP contribution in [0.25, 0.3) is 10.9 Å². The lowest BCUT2D eigenvalue weighted by Gasteiger charge is -2.12. The second-order valence-electron chi connectivity index (χ2n) is 6.38. The van der Waals surface area contributed by atoms with Crippen molar-refractivity contribution < 1.29 is 9.47 Å². The molecule has 28 heavy (non-hydrogen) atoms. The predicted molar refractivity (Wildman–Crippen MR) is 112 cm³/mol. The molecule has 0 amide bonds. The number of aromatic nitrogens is 2. The Hall–Kier alpha value is -3.15. The number of fused-ring (bicyclic) bond motifs is 1. The Kier molecular flexibility index (Phi) is 6.42. The van der Waals surface area contributed by atoms with Gasteiger partial charge in [0.1, 0.15) is 5.82 Å². The highest BCUT2D eigenvalue weighted by atomic mass is 16.5. The largest absolute Gasteiger partial charge is 0.490 e. The highest BCUT2D eigenvalue weighted by Gasteiger charge is 2.08. The van der Waals surface area contributed by atoms with E-state index >= 15 is 0 Å². The van der Waals surface area contributed by atoms with Crippen molar-refractivity contribution in [3.63, 3.8) is 0 Å². The summed E-state index contributed by atoms with van der Waals surface area (Å²) < 4.78 is 12.8. The number of aryl methyl sites for hydroxylation is 1. The van der Waals surface area contributed by atoms with Gasteiger partial charge in [0.2, 0.25) is 0 Å². The zero-order valence-corrected chi connectivity index (χ0v) is 16.5. The zero-order valence-electron chi connectivity index (χ0n) is 16.5. The van der Waals surface area contributed by atoms with E-state index < -0.39 is 0 Å². The van der Waals surface area contributed by atoms with Gasteiger partial charge in [-0.25, -0.2) is 4.98 Å². The molecule has 3 rings (SSSR count). The van der Waals surface area contributed by atoms with Gasteiger partial charge in [-0.3, -0.25) is 4.79 Å². The minimum absolute atomic E-state index is 0.191. The monoisotopic (exact) mass is 379 g/mol. The summed E-state index contributed by atoms with van der Waals surface area (Å²) in [6.07, 6.45) is 3.69. The average Bonchev–Trinajstić information content (AvgIpc) is 2.69. The fraction of sp³-hybridized carbons (Fsp3) is 0.318. The number of rotatable bonds is 8. The van der Waals surface area contributed by atoms with Crippen LogP contribution in [0.15, 0.2) is 52.4 Å². The number of hydrogen-bond donors (Lipinski definition) is 0. The summed E-state index contributed by atoms with van der Waals surface area (Å²) in [4.78, 5) is 17.2. The Bertz CT molecular complexity index is 1040. The first kappa shape index (κ1) is 19.6. The van der Waals surface area contributed by atoms with Crippen LogP contribution in [0, 0.1) is 6.92 Å². The molecule has 0 atom stereocenters. The Labute approximate surface area is 164 Å². The van der Waals surface area contributed by atoms with E-state index in [-0.39, 0.29) is 5.56 Å². The Morgan fingerprint density at radius 2 is 1.93 bits per heavy atom. The number of benzene rings is 2. The summed E-state index contributed by atoms with van der Waals surface area (Å²) in [7, 11) is 0. The molecule has 2 aromatic carbocycles. The van der Waals surface area contributed by atoms with E-state index in [0.29, 0.717) is 41.4 Å². The van der Waals surface area contributed by atoms with Gasteiger partial charge < -0.3 is 9.47 Å². The van der Waals surface area contributed by atoms with Crippen molar-refractivity contribution in [2.45, 2.75) is 33.6 Å². The maximum Gasteiger partial charge on any atom is 0.282 e. The van der Waals surface area contributed by atoms with Gasteiger partial charge in [-0.1, -0.05) is 25.5 Å². The first-order chi connectivity index (χ1) is 13.6. The molecule has 0 unspecified atom stereocenters. The minimum atomic E-state index is -0.191. The highest BCUT2D eigenvalue weighted by molar-refractivity contribution is 5.81. The SMILES string of the molecule is CCCCOc1ccc(C=Nn2c(C)nc3ccccc3c2=O)cc1OCC. The summed E-state index contributed by atoms with van der Waals surface area (Å²) >= 11 is 0. The zero-order chi connectivity index (χ0) is 19.9. The molecule has 0 N–H and O–H groups in total. The van der Waals surface area contributed by atoms with Crippen molar-refractivity contribution in [1.29, 1.82) is 0 Å². The molecule has 0 aliphatic rings. The lowest BCUT2D eigenvalue weighted by Crippen LogP contribution is -2.20. The van der Waals surface area contributed by atoms with Gasteiger partial charge in [-0.15, -0.1) is 0 Å². The van der Waals surface area contributed by atoms with Gasteiger partial charge in [0.05, 0.1) is 30.3 Å². The lowest BCUT2D eigenvalue weighted by atomic mass is 10.2. The van der Waals surface area contributed by atoms with E-state index in [1.807, 2.05) is 43.3 Å². The second-order valence-corrected chi connectivity index (χ2v) is 6.38. The molecule has 1 heterocycles. The van der Waals surface area contributed by atoms with Crippen molar-refractivity contribution >= 4 is 17.1 Å². The highest BCUT2D eigenvalue weighted by Crippen LogP contribution is 2.28. The van der Waals surface area contributed by atoms with Crippen LogP contribution >= 0.6 is 0 Å². The third-order valence-corrected chi connectivity index (χ3v) is 4.26. The quantitative estimate of drug-likeness (QED) is 0.435. The van der Waals surface area contributed by atoms with E-state index in [2.05, 4.69) is 17.0 Å². The topological polar surface area (TPSA) is 65.7 Å². The summed E-state index contributed by atoms with van der Waals surface area (Å²) in [6, 6.07) is 12.9. The molecule has 0 aliphatic carbocycles. The Morgan fingerprint density at radius 1 is 1.11 bits per heavy atom. The smallest absolute Gasteiger partial charge is 0.282 e. The van der Waals surface area contributed by atoms with Crippen LogP contribution in [0.5, 0.6) is 11.5 Å². The molecule has 0 saturated heterocycles. The number of unbranched alkanes of at least 4 members (excludes halogenated alkanes) is 1. The fourth-order valence-corrected chi connectivity index (χ4v) is 2.81. The van der Waals surface area contributed by atoms with Crippen molar-refractivity contribution in [3.8, 4) is 11.5 Å². The lowest BCUT2D eigenvalue weighted by molar-refractivity contribution is 0.272. The number of ether oxygens (including phenoxy) is 2. The molecular weight excluding hydrogens is 354 g/mol. The van der Waals surface area contributed by atoms with E-state index in [1.54, 1.807) is 19.2 Å². The van der Waals surface area contributed by atoms with Crippen molar-refractivity contribution in [1.82, 2.24) is 9.66 Å². The van der Waals surface area contributed by atoms with Gasteiger partial charge in [0, 0.05) is 0 Å². The molecule has 0 saturated carbocycles. The van der Waals surface area contributed by atoms with E-state index in [9.17, 15) is 4.79 Å². The summed E-state index contributed by atoms with van der Waals surface area (Å²) in [5.41, 5.74) is 1.29. The van der Waals surface area contributed by atoms with Crippen LogP contribution in [0.3, 0.4) is 0 Å². The van der Waals surface area contributed by atoms with Crippen LogP contribution in [-0.2, 0) is 0 Å². The van der Waals surface area contributed by atoms with E-state index in [1.165, 1.54) is 4.68 Å². The Balaban J connectivity index is 1.91. The van der Waals surface area contributed by atoms with Crippen LogP contribution in [-0.4, -0.2) is 29.1 Å². The van der Waals surface area contributed by atoms with Gasteiger partial charge in [-0.05, 0) is 56.2 Å². The molecule has 0 aliphatic heterocycles. The van der Waals surface area contributed by atoms with Crippen molar-refractivity contribution in [2.75, 3.05) is 13.2 Å².